The van der Waals surface area contributed by atoms with E-state index in [0.717, 1.165) is 5.56 Å². The molecule has 0 saturated carbocycles. The fourth-order valence-electron chi connectivity index (χ4n) is 0.847. The average Bonchev–Trinajstić information content (AvgIpc) is 2.03. The minimum absolute atomic E-state index is 0.0856. The Balaban J connectivity index is 3.11. The summed E-state index contributed by atoms with van der Waals surface area (Å²) >= 11 is 5.58. The van der Waals surface area contributed by atoms with Gasteiger partial charge in [0.1, 0.15) is 0 Å². The molecule has 1 rings (SSSR count). The van der Waals surface area contributed by atoms with Gasteiger partial charge in [-0.15, -0.1) is 0 Å². The van der Waals surface area contributed by atoms with E-state index in [1.807, 2.05) is 0 Å². The van der Waals surface area contributed by atoms with Gasteiger partial charge in [-0.05, 0) is 11.6 Å². The van der Waals surface area contributed by atoms with Gasteiger partial charge in [-0.2, -0.15) is 0 Å². The second-order valence-corrected chi connectivity index (χ2v) is 2.69. The number of alkyl halides is 2. The van der Waals surface area contributed by atoms with E-state index in [2.05, 4.69) is 6.58 Å². The third-order valence-electron chi connectivity index (χ3n) is 1.50. The van der Waals surface area contributed by atoms with Crippen LogP contribution in [-0.4, -0.2) is 0 Å². The van der Waals surface area contributed by atoms with Crippen molar-refractivity contribution < 1.29 is 8.78 Å². The molecule has 1 aromatic rings. The molecule has 1 aromatic carbocycles. The van der Waals surface area contributed by atoms with E-state index >= 15 is 0 Å². The first-order valence-electron chi connectivity index (χ1n) is 3.35. The summed E-state index contributed by atoms with van der Waals surface area (Å²) in [6.07, 6.45) is -0.961. The molecule has 64 valence electrons. The Labute approximate surface area is 74.5 Å². The number of benzene rings is 1. The van der Waals surface area contributed by atoms with Crippen LogP contribution in [0.5, 0.6) is 0 Å². The molecule has 0 heterocycles. The van der Waals surface area contributed by atoms with Gasteiger partial charge in [-0.25, -0.2) is 8.78 Å². The van der Waals surface area contributed by atoms with E-state index < -0.39 is 6.43 Å². The first-order valence-corrected chi connectivity index (χ1v) is 3.73. The monoisotopic (exact) mass is 188 g/mol. The molecular formula is C9H7ClF2. The molecule has 12 heavy (non-hydrogen) atoms. The highest BCUT2D eigenvalue weighted by molar-refractivity contribution is 6.31. The largest absolute Gasteiger partial charge is 0.265 e. The SMILES string of the molecule is C=Cc1ccc(C(F)F)c(Cl)c1. The maximum atomic E-state index is 12.2. The minimum atomic E-state index is -2.52. The highest BCUT2D eigenvalue weighted by Gasteiger charge is 2.10. The molecule has 0 unspecified atom stereocenters. The van der Waals surface area contributed by atoms with Crippen molar-refractivity contribution in [2.75, 3.05) is 0 Å². The first-order chi connectivity index (χ1) is 5.65. The number of halogens is 3. The molecular weight excluding hydrogens is 182 g/mol. The minimum Gasteiger partial charge on any atom is -0.205 e. The lowest BCUT2D eigenvalue weighted by Gasteiger charge is -2.02. The Hall–Kier alpha value is -0.890. The number of hydrogen-bond donors (Lipinski definition) is 0. The van der Waals surface area contributed by atoms with Crippen LogP contribution in [0, 0.1) is 0 Å². The molecule has 0 aliphatic heterocycles. The van der Waals surface area contributed by atoms with Gasteiger partial charge in [0.25, 0.3) is 6.43 Å². The molecule has 0 aromatic heterocycles. The predicted octanol–water partition coefficient (Wildman–Crippen LogP) is 3.92. The topological polar surface area (TPSA) is 0 Å². The lowest BCUT2D eigenvalue weighted by atomic mass is 10.1. The van der Waals surface area contributed by atoms with Crippen molar-refractivity contribution >= 4 is 17.7 Å². The van der Waals surface area contributed by atoms with E-state index in [1.165, 1.54) is 12.1 Å². The van der Waals surface area contributed by atoms with Crippen molar-refractivity contribution in [3.63, 3.8) is 0 Å². The fourth-order valence-corrected chi connectivity index (χ4v) is 1.12. The van der Waals surface area contributed by atoms with E-state index in [4.69, 9.17) is 11.6 Å². The summed E-state index contributed by atoms with van der Waals surface area (Å²) in [6, 6.07) is 4.33. The maximum Gasteiger partial charge on any atom is 0.265 e. The van der Waals surface area contributed by atoms with Crippen LogP contribution >= 0.6 is 11.6 Å². The van der Waals surface area contributed by atoms with Gasteiger partial charge in [0.2, 0.25) is 0 Å². The van der Waals surface area contributed by atoms with Gasteiger partial charge >= 0.3 is 0 Å². The summed E-state index contributed by atoms with van der Waals surface area (Å²) in [5.74, 6) is 0. The summed E-state index contributed by atoms with van der Waals surface area (Å²) in [5.41, 5.74) is 0.603. The summed E-state index contributed by atoms with van der Waals surface area (Å²) in [4.78, 5) is 0. The fraction of sp³-hybridized carbons (Fsp3) is 0.111. The van der Waals surface area contributed by atoms with E-state index in [-0.39, 0.29) is 10.6 Å². The molecule has 0 atom stereocenters. The highest BCUT2D eigenvalue weighted by atomic mass is 35.5. The summed E-state index contributed by atoms with van der Waals surface area (Å²) < 4.78 is 24.3. The molecule has 0 saturated heterocycles. The Morgan fingerprint density at radius 1 is 1.42 bits per heavy atom. The van der Waals surface area contributed by atoms with Crippen molar-refractivity contribution in [3.05, 3.63) is 40.9 Å². The van der Waals surface area contributed by atoms with Crippen LogP contribution < -0.4 is 0 Å². The van der Waals surface area contributed by atoms with Gasteiger partial charge in [0.05, 0.1) is 5.02 Å². The van der Waals surface area contributed by atoms with Gasteiger partial charge in [-0.1, -0.05) is 36.4 Å². The van der Waals surface area contributed by atoms with Gasteiger partial charge in [0.15, 0.2) is 0 Å². The van der Waals surface area contributed by atoms with Crippen LogP contribution in [0.1, 0.15) is 17.6 Å². The Bertz CT molecular complexity index is 295. The summed E-state index contributed by atoms with van der Waals surface area (Å²) in [6.45, 7) is 3.50. The zero-order chi connectivity index (χ0) is 9.14. The predicted molar refractivity (Wildman–Crippen MR) is 46.5 cm³/mol. The van der Waals surface area contributed by atoms with Crippen LogP contribution in [0.15, 0.2) is 24.8 Å². The van der Waals surface area contributed by atoms with Crippen LogP contribution in [0.3, 0.4) is 0 Å². The standard InChI is InChI=1S/C9H7ClF2/c1-2-6-3-4-7(9(11)12)8(10)5-6/h2-5,9H,1H2. The average molecular weight is 189 g/mol. The Kier molecular flexibility index (Phi) is 2.82. The Morgan fingerprint density at radius 2 is 2.08 bits per heavy atom. The van der Waals surface area contributed by atoms with Crippen LogP contribution in [0.4, 0.5) is 8.78 Å². The van der Waals surface area contributed by atoms with Gasteiger partial charge < -0.3 is 0 Å². The van der Waals surface area contributed by atoms with Crippen molar-refractivity contribution in [2.24, 2.45) is 0 Å². The van der Waals surface area contributed by atoms with Crippen molar-refractivity contribution in [3.8, 4) is 0 Å². The molecule has 3 heteroatoms. The number of rotatable bonds is 2. The quantitative estimate of drug-likeness (QED) is 0.660. The van der Waals surface area contributed by atoms with Gasteiger partial charge in [0, 0.05) is 5.56 Å². The first kappa shape index (κ1) is 9.20. The second-order valence-electron chi connectivity index (χ2n) is 2.29. The molecule has 0 amide bonds. The third-order valence-corrected chi connectivity index (χ3v) is 1.82. The lowest BCUT2D eigenvalue weighted by Crippen LogP contribution is -1.85. The summed E-state index contributed by atoms with van der Waals surface area (Å²) in [7, 11) is 0. The lowest BCUT2D eigenvalue weighted by molar-refractivity contribution is 0.151. The smallest absolute Gasteiger partial charge is 0.205 e. The van der Waals surface area contributed by atoms with E-state index in [9.17, 15) is 8.78 Å². The summed E-state index contributed by atoms with van der Waals surface area (Å²) in [5, 5.41) is 0.0856. The molecule has 0 nitrogen and oxygen atoms in total. The van der Waals surface area contributed by atoms with Crippen LogP contribution in [-0.2, 0) is 0 Å². The zero-order valence-electron chi connectivity index (χ0n) is 6.23. The Morgan fingerprint density at radius 3 is 2.50 bits per heavy atom. The molecule has 0 radical (unpaired) electrons. The van der Waals surface area contributed by atoms with E-state index in [1.54, 1.807) is 12.1 Å². The third kappa shape index (κ3) is 1.83. The van der Waals surface area contributed by atoms with Gasteiger partial charge in [-0.3, -0.25) is 0 Å². The second kappa shape index (κ2) is 3.68. The molecule has 0 fully saturated rings. The maximum absolute atomic E-state index is 12.2. The number of hydrogen-bond acceptors (Lipinski definition) is 0. The van der Waals surface area contributed by atoms with Crippen LogP contribution in [0.2, 0.25) is 5.02 Å². The molecule has 0 aliphatic carbocycles. The van der Waals surface area contributed by atoms with E-state index in [0.29, 0.717) is 0 Å². The van der Waals surface area contributed by atoms with Crippen molar-refractivity contribution in [2.45, 2.75) is 6.43 Å². The zero-order valence-corrected chi connectivity index (χ0v) is 6.98. The van der Waals surface area contributed by atoms with Crippen LogP contribution in [0.25, 0.3) is 6.08 Å². The van der Waals surface area contributed by atoms with Crippen molar-refractivity contribution in [1.82, 2.24) is 0 Å². The molecule has 0 spiro atoms. The molecule has 0 aliphatic rings. The normalized spacial score (nSPS) is 10.3. The molecule has 0 N–H and O–H groups in total. The molecule has 0 bridgehead atoms. The highest BCUT2D eigenvalue weighted by Crippen LogP contribution is 2.27. The van der Waals surface area contributed by atoms with Crippen molar-refractivity contribution in [1.29, 1.82) is 0 Å².